The van der Waals surface area contributed by atoms with Crippen LogP contribution >= 0.6 is 11.6 Å². The van der Waals surface area contributed by atoms with Crippen LogP contribution in [0.5, 0.6) is 0 Å². The zero-order chi connectivity index (χ0) is 28.6. The number of benzene rings is 1. The number of nitrogens with zero attached hydrogens (tertiary/aromatic N) is 4. The summed E-state index contributed by atoms with van der Waals surface area (Å²) in [5, 5.41) is 9.30. The molecule has 0 aliphatic rings. The third kappa shape index (κ3) is 5.34. The summed E-state index contributed by atoms with van der Waals surface area (Å²) in [6, 6.07) is 0.910. The van der Waals surface area contributed by atoms with Crippen LogP contribution in [0.1, 0.15) is 40.5 Å². The summed E-state index contributed by atoms with van der Waals surface area (Å²) >= 11 is 6.17. The van der Waals surface area contributed by atoms with Crippen LogP contribution in [-0.4, -0.2) is 45.5 Å². The summed E-state index contributed by atoms with van der Waals surface area (Å²) in [4.78, 5) is 19.8. The average molecular weight is 467 g/mol. The van der Waals surface area contributed by atoms with Crippen LogP contribution in [-0.2, 0) is 4.74 Å². The number of alkyl carbamates (subject to hydrolysis) is 1. The lowest BCUT2D eigenvalue weighted by atomic mass is 10.0. The lowest BCUT2D eigenvalue weighted by Crippen LogP contribution is -2.37. The zero-order valence-corrected chi connectivity index (χ0v) is 18.6. The summed E-state index contributed by atoms with van der Waals surface area (Å²) in [5.74, 6) is -0.829. The number of nitrogens with one attached hydrogen (secondary N) is 2. The highest BCUT2D eigenvalue weighted by atomic mass is 35.5. The van der Waals surface area contributed by atoms with Gasteiger partial charge in [-0.05, 0) is 51.4 Å². The van der Waals surface area contributed by atoms with Gasteiger partial charge in [0.1, 0.15) is 11.5 Å². The standard InChI is InChI=1S/C22H26ClFN6O2/c1-12(2)30-11-17(20(29-30)16-9-15(23)8-13(3)19(16)24)18-6-7-25-21(28-18)26-10-14(4)27-22(31)32-5/h6-9,11-12,14H,10H2,1-5H3,(H,27,31)(H,25,26,28)/t14-/m0/s1/i1D3,10D2,12D/t12?,14-. The van der Waals surface area contributed by atoms with Crippen LogP contribution in [0.25, 0.3) is 22.5 Å². The van der Waals surface area contributed by atoms with Gasteiger partial charge in [-0.1, -0.05) is 11.6 Å². The van der Waals surface area contributed by atoms with Gasteiger partial charge in [-0.25, -0.2) is 19.2 Å². The fourth-order valence-corrected chi connectivity index (χ4v) is 3.12. The van der Waals surface area contributed by atoms with Crippen molar-refractivity contribution in [1.29, 1.82) is 0 Å². The number of halogens is 2. The summed E-state index contributed by atoms with van der Waals surface area (Å²) in [6.45, 7) is -0.942. The third-order valence-electron chi connectivity index (χ3n) is 4.38. The molecule has 8 nitrogen and oxygen atoms in total. The first-order valence-electron chi connectivity index (χ1n) is 12.5. The number of hydrogen-bond donors (Lipinski definition) is 2. The Labute approximate surface area is 199 Å². The minimum Gasteiger partial charge on any atom is -0.453 e. The van der Waals surface area contributed by atoms with Gasteiger partial charge in [-0.3, -0.25) is 4.68 Å². The van der Waals surface area contributed by atoms with Crippen LogP contribution in [0, 0.1) is 12.7 Å². The maximum Gasteiger partial charge on any atom is 0.407 e. The second-order valence-corrected chi connectivity index (χ2v) is 7.33. The number of methoxy groups -OCH3 is 1. The number of aryl methyl sites for hydroxylation is 1. The average Bonchev–Trinajstić information content (AvgIpc) is 3.26. The van der Waals surface area contributed by atoms with Crippen LogP contribution in [0.4, 0.5) is 15.1 Å². The number of anilines is 1. The van der Waals surface area contributed by atoms with E-state index in [9.17, 15) is 4.79 Å². The summed E-state index contributed by atoms with van der Waals surface area (Å²) in [6.07, 6.45) is 1.73. The Hall–Kier alpha value is -3.20. The van der Waals surface area contributed by atoms with Gasteiger partial charge in [0.15, 0.2) is 0 Å². The second kappa shape index (κ2) is 9.95. The molecule has 2 heterocycles. The molecule has 3 aromatic rings. The highest BCUT2D eigenvalue weighted by Gasteiger charge is 2.20. The van der Waals surface area contributed by atoms with E-state index in [1.807, 2.05) is 0 Å². The predicted octanol–water partition coefficient (Wildman–Crippen LogP) is 4.85. The van der Waals surface area contributed by atoms with Gasteiger partial charge in [0, 0.05) is 51.2 Å². The van der Waals surface area contributed by atoms with Gasteiger partial charge in [-0.2, -0.15) is 5.10 Å². The SMILES string of the molecule is [2H]C([2H])(Nc1nccc(-c2cn(C([2H])(C)C([2H])([2H])[2H])nc2-c2cc(Cl)cc(C)c2F)n1)[C@H](C)NC(=O)OC. The number of carbonyl (C=O) groups excluding carboxylic acids is 1. The van der Waals surface area contributed by atoms with E-state index in [-0.39, 0.29) is 39.0 Å². The number of amides is 1. The summed E-state index contributed by atoms with van der Waals surface area (Å²) < 4.78 is 68.9. The Morgan fingerprint density at radius 2 is 2.22 bits per heavy atom. The molecule has 10 heteroatoms. The van der Waals surface area contributed by atoms with E-state index in [1.165, 1.54) is 44.4 Å². The van der Waals surface area contributed by atoms with Gasteiger partial charge in [0.2, 0.25) is 5.95 Å². The monoisotopic (exact) mass is 466 g/mol. The van der Waals surface area contributed by atoms with Crippen molar-refractivity contribution in [3.8, 4) is 22.5 Å². The number of rotatable bonds is 7. The van der Waals surface area contributed by atoms with Gasteiger partial charge in [0.05, 0.1) is 16.9 Å². The number of aromatic nitrogens is 4. The summed E-state index contributed by atoms with van der Waals surface area (Å²) in [7, 11) is 1.15. The molecule has 0 bridgehead atoms. The fourth-order valence-electron chi connectivity index (χ4n) is 2.84. The minimum absolute atomic E-state index is 0.0239. The third-order valence-corrected chi connectivity index (χ3v) is 4.60. The van der Waals surface area contributed by atoms with Crippen LogP contribution in [0.15, 0.2) is 30.6 Å². The lowest BCUT2D eigenvalue weighted by Gasteiger charge is -2.14. The molecule has 1 unspecified atom stereocenters. The molecule has 0 radical (unpaired) electrons. The van der Waals surface area contributed by atoms with Gasteiger partial charge in [-0.15, -0.1) is 0 Å². The Morgan fingerprint density at radius 1 is 1.44 bits per heavy atom. The molecule has 0 saturated heterocycles. The fraction of sp³-hybridized carbons (Fsp3) is 0.364. The van der Waals surface area contributed by atoms with E-state index in [0.717, 1.165) is 18.7 Å². The Bertz CT molecular complexity index is 1350. The number of hydrogen-bond acceptors (Lipinski definition) is 6. The molecule has 0 fully saturated rings. The molecule has 1 aromatic carbocycles. The minimum atomic E-state index is -2.78. The van der Waals surface area contributed by atoms with E-state index in [1.54, 1.807) is 0 Å². The molecular formula is C22H26ClFN6O2. The topological polar surface area (TPSA) is 94.0 Å². The van der Waals surface area contributed by atoms with E-state index in [2.05, 4.69) is 30.4 Å². The van der Waals surface area contributed by atoms with Crippen molar-refractivity contribution in [3.05, 3.63) is 47.0 Å². The van der Waals surface area contributed by atoms with Gasteiger partial charge >= 0.3 is 6.09 Å². The molecular weight excluding hydrogens is 435 g/mol. The van der Waals surface area contributed by atoms with Crippen molar-refractivity contribution in [1.82, 2.24) is 25.1 Å². The van der Waals surface area contributed by atoms with Crippen LogP contribution in [0.2, 0.25) is 5.02 Å². The van der Waals surface area contributed by atoms with E-state index >= 15 is 4.39 Å². The van der Waals surface area contributed by atoms with Crippen LogP contribution < -0.4 is 10.6 Å². The molecule has 2 atom stereocenters. The maximum atomic E-state index is 15.2. The first-order chi connectivity index (χ1) is 17.5. The smallest absolute Gasteiger partial charge is 0.407 e. The highest BCUT2D eigenvalue weighted by molar-refractivity contribution is 6.31. The molecule has 0 aliphatic heterocycles. The van der Waals surface area contributed by atoms with Crippen molar-refractivity contribution >= 4 is 23.6 Å². The van der Waals surface area contributed by atoms with Crippen molar-refractivity contribution in [3.63, 3.8) is 0 Å². The predicted molar refractivity (Wildman–Crippen MR) is 122 cm³/mol. The maximum absolute atomic E-state index is 15.2. The first-order valence-corrected chi connectivity index (χ1v) is 9.88. The Kier molecular flexibility index (Phi) is 5.11. The molecule has 170 valence electrons. The molecule has 2 aromatic heterocycles. The second-order valence-electron chi connectivity index (χ2n) is 6.90. The van der Waals surface area contributed by atoms with E-state index in [0.29, 0.717) is 0 Å². The highest BCUT2D eigenvalue weighted by Crippen LogP contribution is 2.35. The Balaban J connectivity index is 2.14. The molecule has 32 heavy (non-hydrogen) atoms. The van der Waals surface area contributed by atoms with E-state index in [4.69, 9.17) is 19.8 Å². The molecule has 0 spiro atoms. The van der Waals surface area contributed by atoms with Gasteiger partial charge in [0.25, 0.3) is 0 Å². The summed E-state index contributed by atoms with van der Waals surface area (Å²) in [5.41, 5.74) is 0.447. The Morgan fingerprint density at radius 3 is 2.94 bits per heavy atom. The number of carbonyl (C=O) groups is 1. The normalized spacial score (nSPS) is 17.4. The molecule has 2 N–H and O–H groups in total. The largest absolute Gasteiger partial charge is 0.453 e. The molecule has 0 aliphatic carbocycles. The van der Waals surface area contributed by atoms with Gasteiger partial charge < -0.3 is 15.4 Å². The lowest BCUT2D eigenvalue weighted by molar-refractivity contribution is 0.168. The van der Waals surface area contributed by atoms with E-state index < -0.39 is 37.3 Å². The molecule has 3 rings (SSSR count). The first kappa shape index (κ1) is 16.4. The van der Waals surface area contributed by atoms with Crippen molar-refractivity contribution in [2.75, 3.05) is 18.9 Å². The number of ether oxygens (including phenoxy) is 1. The van der Waals surface area contributed by atoms with Crippen LogP contribution in [0.3, 0.4) is 0 Å². The molecule has 0 saturated carbocycles. The quantitative estimate of drug-likeness (QED) is 0.517. The van der Waals surface area contributed by atoms with Crippen molar-refractivity contribution in [2.24, 2.45) is 0 Å². The van der Waals surface area contributed by atoms with Crippen molar-refractivity contribution in [2.45, 2.75) is 39.7 Å². The molecule has 1 amide bonds. The zero-order valence-electron chi connectivity index (χ0n) is 23.8. The van der Waals surface area contributed by atoms with Crippen molar-refractivity contribution < 1.29 is 22.1 Å².